The summed E-state index contributed by atoms with van der Waals surface area (Å²) in [5, 5.41) is 10.8. The summed E-state index contributed by atoms with van der Waals surface area (Å²) in [7, 11) is 0. The standard InChI is InChI=1S/C14H18N4/c15-8-11-4-3-7-18(10-11)14-13-6-2-1-5-12(13)9-16-17-14/h1-2,5-6,9,11H,3-4,7-8,10,15H2. The first-order chi connectivity index (χ1) is 8.88. The van der Waals surface area contributed by atoms with Gasteiger partial charge in [-0.05, 0) is 25.3 Å². The van der Waals surface area contributed by atoms with Gasteiger partial charge in [-0.3, -0.25) is 0 Å². The van der Waals surface area contributed by atoms with Crippen LogP contribution in [-0.4, -0.2) is 29.8 Å². The molecule has 4 heteroatoms. The summed E-state index contributed by atoms with van der Waals surface area (Å²) in [4.78, 5) is 2.33. The molecule has 2 N–H and O–H groups in total. The molecule has 1 aliphatic heterocycles. The third-order valence-electron chi connectivity index (χ3n) is 3.70. The molecule has 2 aromatic rings. The first-order valence-electron chi connectivity index (χ1n) is 6.54. The Morgan fingerprint density at radius 3 is 3.11 bits per heavy atom. The molecule has 1 fully saturated rings. The predicted molar refractivity (Wildman–Crippen MR) is 73.5 cm³/mol. The monoisotopic (exact) mass is 242 g/mol. The maximum Gasteiger partial charge on any atom is 0.159 e. The molecule has 3 rings (SSSR count). The van der Waals surface area contributed by atoms with E-state index in [0.717, 1.165) is 30.8 Å². The fourth-order valence-corrected chi connectivity index (χ4v) is 2.70. The Labute approximate surface area is 107 Å². The molecule has 0 aliphatic carbocycles. The summed E-state index contributed by atoms with van der Waals surface area (Å²) in [6.45, 7) is 2.81. The van der Waals surface area contributed by atoms with Gasteiger partial charge in [0.1, 0.15) is 0 Å². The van der Waals surface area contributed by atoms with Gasteiger partial charge in [-0.15, -0.1) is 5.10 Å². The van der Waals surface area contributed by atoms with Crippen molar-refractivity contribution in [3.63, 3.8) is 0 Å². The number of piperidine rings is 1. The molecule has 18 heavy (non-hydrogen) atoms. The normalized spacial score (nSPS) is 20.3. The Bertz CT molecular complexity index is 535. The Kier molecular flexibility index (Phi) is 3.11. The zero-order chi connectivity index (χ0) is 12.4. The molecule has 0 amide bonds. The topological polar surface area (TPSA) is 55.0 Å². The fourth-order valence-electron chi connectivity index (χ4n) is 2.70. The van der Waals surface area contributed by atoms with Gasteiger partial charge in [0.2, 0.25) is 0 Å². The summed E-state index contributed by atoms with van der Waals surface area (Å²) >= 11 is 0. The average Bonchev–Trinajstić information content (AvgIpc) is 2.47. The highest BCUT2D eigenvalue weighted by Gasteiger charge is 2.21. The zero-order valence-electron chi connectivity index (χ0n) is 10.4. The van der Waals surface area contributed by atoms with Crippen molar-refractivity contribution in [3.05, 3.63) is 30.5 Å². The van der Waals surface area contributed by atoms with E-state index in [1.54, 1.807) is 0 Å². The summed E-state index contributed by atoms with van der Waals surface area (Å²) in [6, 6.07) is 8.29. The number of rotatable bonds is 2. The molecule has 1 aromatic carbocycles. The molecule has 1 unspecified atom stereocenters. The van der Waals surface area contributed by atoms with E-state index in [1.165, 1.54) is 18.2 Å². The van der Waals surface area contributed by atoms with Crippen molar-refractivity contribution in [2.75, 3.05) is 24.5 Å². The van der Waals surface area contributed by atoms with E-state index in [1.807, 2.05) is 12.3 Å². The summed E-state index contributed by atoms with van der Waals surface area (Å²) < 4.78 is 0. The molecule has 94 valence electrons. The molecule has 1 saturated heterocycles. The Morgan fingerprint density at radius 1 is 1.33 bits per heavy atom. The van der Waals surface area contributed by atoms with Crippen LogP contribution < -0.4 is 10.6 Å². The van der Waals surface area contributed by atoms with Gasteiger partial charge in [0.25, 0.3) is 0 Å². The summed E-state index contributed by atoms with van der Waals surface area (Å²) in [5.74, 6) is 1.59. The van der Waals surface area contributed by atoms with E-state index in [9.17, 15) is 0 Å². The lowest BCUT2D eigenvalue weighted by Crippen LogP contribution is -2.39. The van der Waals surface area contributed by atoms with Crippen LogP contribution in [0.25, 0.3) is 10.8 Å². The van der Waals surface area contributed by atoms with Gasteiger partial charge in [-0.25, -0.2) is 0 Å². The van der Waals surface area contributed by atoms with Crippen molar-refractivity contribution in [2.45, 2.75) is 12.8 Å². The van der Waals surface area contributed by atoms with Crippen LogP contribution in [0.3, 0.4) is 0 Å². The van der Waals surface area contributed by atoms with Crippen molar-refractivity contribution in [1.29, 1.82) is 0 Å². The minimum atomic E-state index is 0.583. The second-order valence-electron chi connectivity index (χ2n) is 4.95. The van der Waals surface area contributed by atoms with Gasteiger partial charge < -0.3 is 10.6 Å². The van der Waals surface area contributed by atoms with E-state index >= 15 is 0 Å². The molecule has 0 spiro atoms. The third kappa shape index (κ3) is 2.04. The number of anilines is 1. The number of hydrogen-bond acceptors (Lipinski definition) is 4. The minimum Gasteiger partial charge on any atom is -0.354 e. The number of hydrogen-bond donors (Lipinski definition) is 1. The number of fused-ring (bicyclic) bond motifs is 1. The van der Waals surface area contributed by atoms with Crippen LogP contribution in [0.2, 0.25) is 0 Å². The maximum absolute atomic E-state index is 5.79. The van der Waals surface area contributed by atoms with Gasteiger partial charge in [-0.1, -0.05) is 24.3 Å². The molecule has 0 bridgehead atoms. The number of benzene rings is 1. The molecule has 2 heterocycles. The van der Waals surface area contributed by atoms with Gasteiger partial charge in [0.05, 0.1) is 6.20 Å². The Balaban J connectivity index is 1.98. The first-order valence-corrected chi connectivity index (χ1v) is 6.54. The lowest BCUT2D eigenvalue weighted by Gasteiger charge is -2.33. The van der Waals surface area contributed by atoms with E-state index in [-0.39, 0.29) is 0 Å². The molecule has 0 saturated carbocycles. The highest BCUT2D eigenvalue weighted by atomic mass is 15.3. The molecular weight excluding hydrogens is 224 g/mol. The van der Waals surface area contributed by atoms with Crippen LogP contribution in [-0.2, 0) is 0 Å². The minimum absolute atomic E-state index is 0.583. The Morgan fingerprint density at radius 2 is 2.22 bits per heavy atom. The van der Waals surface area contributed by atoms with E-state index < -0.39 is 0 Å². The molecule has 4 nitrogen and oxygen atoms in total. The Hall–Kier alpha value is -1.68. The van der Waals surface area contributed by atoms with Crippen molar-refractivity contribution in [3.8, 4) is 0 Å². The van der Waals surface area contributed by atoms with E-state index in [4.69, 9.17) is 5.73 Å². The van der Waals surface area contributed by atoms with Crippen molar-refractivity contribution in [2.24, 2.45) is 11.7 Å². The quantitative estimate of drug-likeness (QED) is 0.872. The molecule has 1 atom stereocenters. The lowest BCUT2D eigenvalue weighted by atomic mass is 9.98. The van der Waals surface area contributed by atoms with Gasteiger partial charge in [-0.2, -0.15) is 5.10 Å². The number of aromatic nitrogens is 2. The second kappa shape index (κ2) is 4.90. The van der Waals surface area contributed by atoms with Gasteiger partial charge in [0.15, 0.2) is 5.82 Å². The van der Waals surface area contributed by atoms with Crippen LogP contribution in [0.4, 0.5) is 5.82 Å². The first kappa shape index (κ1) is 11.4. The highest BCUT2D eigenvalue weighted by molar-refractivity contribution is 5.91. The van der Waals surface area contributed by atoms with Crippen molar-refractivity contribution in [1.82, 2.24) is 10.2 Å². The number of nitrogens with zero attached hydrogens (tertiary/aromatic N) is 3. The predicted octanol–water partition coefficient (Wildman–Crippen LogP) is 1.80. The largest absolute Gasteiger partial charge is 0.354 e. The van der Waals surface area contributed by atoms with Crippen LogP contribution in [0.1, 0.15) is 12.8 Å². The maximum atomic E-state index is 5.79. The summed E-state index contributed by atoms with van der Waals surface area (Å²) in [5.41, 5.74) is 5.79. The van der Waals surface area contributed by atoms with Crippen LogP contribution in [0, 0.1) is 5.92 Å². The lowest BCUT2D eigenvalue weighted by molar-refractivity contribution is 0.421. The average molecular weight is 242 g/mol. The van der Waals surface area contributed by atoms with Crippen LogP contribution in [0.15, 0.2) is 30.5 Å². The van der Waals surface area contributed by atoms with E-state index in [0.29, 0.717) is 5.92 Å². The smallest absolute Gasteiger partial charge is 0.159 e. The molecular formula is C14H18N4. The SMILES string of the molecule is NCC1CCCN(c2nncc3ccccc23)C1. The highest BCUT2D eigenvalue weighted by Crippen LogP contribution is 2.27. The van der Waals surface area contributed by atoms with E-state index in [2.05, 4.69) is 33.3 Å². The molecule has 0 radical (unpaired) electrons. The van der Waals surface area contributed by atoms with Crippen LogP contribution >= 0.6 is 0 Å². The number of nitrogens with two attached hydrogens (primary N) is 1. The van der Waals surface area contributed by atoms with Gasteiger partial charge >= 0.3 is 0 Å². The third-order valence-corrected chi connectivity index (χ3v) is 3.70. The summed E-state index contributed by atoms with van der Waals surface area (Å²) in [6.07, 6.45) is 4.24. The van der Waals surface area contributed by atoms with Crippen molar-refractivity contribution < 1.29 is 0 Å². The molecule has 1 aliphatic rings. The fraction of sp³-hybridized carbons (Fsp3) is 0.429. The van der Waals surface area contributed by atoms with Gasteiger partial charge in [0, 0.05) is 23.9 Å². The van der Waals surface area contributed by atoms with Crippen molar-refractivity contribution >= 4 is 16.6 Å². The second-order valence-corrected chi connectivity index (χ2v) is 4.95. The molecule has 1 aromatic heterocycles. The zero-order valence-corrected chi connectivity index (χ0v) is 10.4. The van der Waals surface area contributed by atoms with Crippen LogP contribution in [0.5, 0.6) is 0 Å².